The van der Waals surface area contributed by atoms with Gasteiger partial charge in [0.1, 0.15) is 0 Å². The van der Waals surface area contributed by atoms with E-state index in [1.807, 2.05) is 0 Å². The highest BCUT2D eigenvalue weighted by molar-refractivity contribution is 4.79. The lowest BCUT2D eigenvalue weighted by molar-refractivity contribution is 0.265. The lowest BCUT2D eigenvalue weighted by Crippen LogP contribution is -2.38. The fourth-order valence-electron chi connectivity index (χ4n) is 0.832. The van der Waals surface area contributed by atoms with Crippen molar-refractivity contribution in [3.63, 3.8) is 0 Å². The second kappa shape index (κ2) is 3.94. The molecule has 0 amide bonds. The minimum atomic E-state index is 0.249. The molecular formula is C8H20N2. The molecule has 62 valence electrons. The molecule has 0 aliphatic heterocycles. The second-order valence-electron chi connectivity index (χ2n) is 3.53. The molecule has 0 aromatic heterocycles. The van der Waals surface area contributed by atoms with Crippen molar-refractivity contribution in [3.05, 3.63) is 0 Å². The third-order valence-corrected chi connectivity index (χ3v) is 2.39. The summed E-state index contributed by atoms with van der Waals surface area (Å²) in [5.41, 5.74) is 11.5. The summed E-state index contributed by atoms with van der Waals surface area (Å²) >= 11 is 0. The van der Waals surface area contributed by atoms with Crippen LogP contribution in [0.5, 0.6) is 0 Å². The van der Waals surface area contributed by atoms with Crippen molar-refractivity contribution >= 4 is 0 Å². The van der Waals surface area contributed by atoms with Gasteiger partial charge in [-0.05, 0) is 24.8 Å². The Morgan fingerprint density at radius 2 is 1.90 bits per heavy atom. The summed E-state index contributed by atoms with van der Waals surface area (Å²) in [6.07, 6.45) is 2.05. The van der Waals surface area contributed by atoms with Gasteiger partial charge in [0.2, 0.25) is 0 Å². The van der Waals surface area contributed by atoms with Gasteiger partial charge in [-0.2, -0.15) is 0 Å². The molecular weight excluding hydrogens is 124 g/mol. The molecule has 2 heteroatoms. The van der Waals surface area contributed by atoms with E-state index in [1.54, 1.807) is 0 Å². The molecule has 0 aromatic carbocycles. The predicted molar refractivity (Wildman–Crippen MR) is 45.7 cm³/mol. The van der Waals surface area contributed by atoms with Crippen molar-refractivity contribution in [3.8, 4) is 0 Å². The van der Waals surface area contributed by atoms with Crippen LogP contribution in [0, 0.1) is 5.41 Å². The highest BCUT2D eigenvalue weighted by Gasteiger charge is 2.22. The van der Waals surface area contributed by atoms with Crippen LogP contribution in [0.4, 0.5) is 0 Å². The normalized spacial score (nSPS) is 15.3. The second-order valence-corrected chi connectivity index (χ2v) is 3.53. The largest absolute Gasteiger partial charge is 0.330 e. The number of nitrogens with two attached hydrogens (primary N) is 2. The molecule has 0 saturated carbocycles. The zero-order valence-electron chi connectivity index (χ0n) is 7.35. The highest BCUT2D eigenvalue weighted by atomic mass is 14.7. The molecule has 0 spiro atoms. The van der Waals surface area contributed by atoms with Gasteiger partial charge >= 0.3 is 0 Å². The highest BCUT2D eigenvalue weighted by Crippen LogP contribution is 2.24. The van der Waals surface area contributed by atoms with Gasteiger partial charge in [-0.3, -0.25) is 0 Å². The zero-order chi connectivity index (χ0) is 8.20. The maximum Gasteiger partial charge on any atom is 0.0102 e. The van der Waals surface area contributed by atoms with Crippen LogP contribution in [0.2, 0.25) is 0 Å². The SMILES string of the molecule is CCC(C)(C)C(N)CCN. The lowest BCUT2D eigenvalue weighted by Gasteiger charge is -2.29. The van der Waals surface area contributed by atoms with Gasteiger partial charge in [0, 0.05) is 6.04 Å². The van der Waals surface area contributed by atoms with Gasteiger partial charge in [-0.25, -0.2) is 0 Å². The first kappa shape index (κ1) is 9.92. The monoisotopic (exact) mass is 144 g/mol. The van der Waals surface area contributed by atoms with E-state index in [2.05, 4.69) is 20.8 Å². The molecule has 0 radical (unpaired) electrons. The maximum absolute atomic E-state index is 5.89. The van der Waals surface area contributed by atoms with E-state index in [0.29, 0.717) is 6.54 Å². The molecule has 0 aromatic rings. The Kier molecular flexibility index (Phi) is 3.91. The maximum atomic E-state index is 5.89. The van der Waals surface area contributed by atoms with Crippen LogP contribution in [0.25, 0.3) is 0 Å². The molecule has 0 aliphatic carbocycles. The van der Waals surface area contributed by atoms with Crippen molar-refractivity contribution in [2.24, 2.45) is 16.9 Å². The smallest absolute Gasteiger partial charge is 0.0102 e. The summed E-state index contributed by atoms with van der Waals surface area (Å²) in [5.74, 6) is 0. The summed E-state index contributed by atoms with van der Waals surface area (Å²) in [4.78, 5) is 0. The Hall–Kier alpha value is -0.0800. The Morgan fingerprint density at radius 1 is 1.40 bits per heavy atom. The van der Waals surface area contributed by atoms with Crippen LogP contribution < -0.4 is 11.5 Å². The Labute approximate surface area is 64.0 Å². The van der Waals surface area contributed by atoms with Crippen LogP contribution in [-0.2, 0) is 0 Å². The third-order valence-electron chi connectivity index (χ3n) is 2.39. The molecule has 0 rings (SSSR count). The van der Waals surface area contributed by atoms with Crippen LogP contribution in [0.15, 0.2) is 0 Å². The van der Waals surface area contributed by atoms with E-state index in [4.69, 9.17) is 11.5 Å². The van der Waals surface area contributed by atoms with E-state index in [1.165, 1.54) is 0 Å². The van der Waals surface area contributed by atoms with Crippen LogP contribution in [0.3, 0.4) is 0 Å². The Bertz CT molecular complexity index is 89.3. The number of hydrogen-bond donors (Lipinski definition) is 2. The molecule has 0 bridgehead atoms. The standard InChI is InChI=1S/C8H20N2/c1-4-8(2,3)7(10)5-6-9/h7H,4-6,9-10H2,1-3H3. The van der Waals surface area contributed by atoms with Gasteiger partial charge in [-0.1, -0.05) is 20.8 Å². The molecule has 1 unspecified atom stereocenters. The van der Waals surface area contributed by atoms with Gasteiger partial charge in [0.05, 0.1) is 0 Å². The van der Waals surface area contributed by atoms with Crippen LogP contribution >= 0.6 is 0 Å². The summed E-state index contributed by atoms with van der Waals surface area (Å²) < 4.78 is 0. The molecule has 10 heavy (non-hydrogen) atoms. The quantitative estimate of drug-likeness (QED) is 0.620. The van der Waals surface area contributed by atoms with Crippen molar-refractivity contribution < 1.29 is 0 Å². The minimum Gasteiger partial charge on any atom is -0.330 e. The molecule has 1 atom stereocenters. The minimum absolute atomic E-state index is 0.249. The molecule has 0 saturated heterocycles. The summed E-state index contributed by atoms with van der Waals surface area (Å²) in [5, 5.41) is 0. The summed E-state index contributed by atoms with van der Waals surface area (Å²) in [6.45, 7) is 7.24. The Morgan fingerprint density at radius 3 is 2.20 bits per heavy atom. The van der Waals surface area contributed by atoms with E-state index in [0.717, 1.165) is 12.8 Å². The molecule has 0 heterocycles. The third kappa shape index (κ3) is 2.67. The topological polar surface area (TPSA) is 52.0 Å². The van der Waals surface area contributed by atoms with Crippen molar-refractivity contribution in [1.29, 1.82) is 0 Å². The van der Waals surface area contributed by atoms with Gasteiger partial charge in [0.15, 0.2) is 0 Å². The first-order chi connectivity index (χ1) is 4.54. The molecule has 2 nitrogen and oxygen atoms in total. The Balaban J connectivity index is 3.78. The average molecular weight is 144 g/mol. The van der Waals surface area contributed by atoms with Crippen molar-refractivity contribution in [2.45, 2.75) is 39.7 Å². The molecule has 0 fully saturated rings. The summed E-state index contributed by atoms with van der Waals surface area (Å²) in [7, 11) is 0. The van der Waals surface area contributed by atoms with Crippen LogP contribution in [-0.4, -0.2) is 12.6 Å². The van der Waals surface area contributed by atoms with E-state index >= 15 is 0 Å². The number of hydrogen-bond acceptors (Lipinski definition) is 2. The molecule has 4 N–H and O–H groups in total. The van der Waals surface area contributed by atoms with Gasteiger partial charge < -0.3 is 11.5 Å². The van der Waals surface area contributed by atoms with E-state index < -0.39 is 0 Å². The van der Waals surface area contributed by atoms with Crippen molar-refractivity contribution in [1.82, 2.24) is 0 Å². The lowest BCUT2D eigenvalue weighted by atomic mass is 9.81. The van der Waals surface area contributed by atoms with Crippen LogP contribution in [0.1, 0.15) is 33.6 Å². The van der Waals surface area contributed by atoms with Gasteiger partial charge in [-0.15, -0.1) is 0 Å². The average Bonchev–Trinajstić information content (AvgIpc) is 1.89. The predicted octanol–water partition coefficient (Wildman–Crippen LogP) is 1.10. The molecule has 0 aliphatic rings. The first-order valence-corrected chi connectivity index (χ1v) is 4.00. The zero-order valence-corrected chi connectivity index (χ0v) is 7.35. The van der Waals surface area contributed by atoms with Gasteiger partial charge in [0.25, 0.3) is 0 Å². The van der Waals surface area contributed by atoms with E-state index in [-0.39, 0.29) is 11.5 Å². The fourth-order valence-corrected chi connectivity index (χ4v) is 0.832. The van der Waals surface area contributed by atoms with Crippen molar-refractivity contribution in [2.75, 3.05) is 6.54 Å². The first-order valence-electron chi connectivity index (χ1n) is 4.00. The fraction of sp³-hybridized carbons (Fsp3) is 1.00. The van der Waals surface area contributed by atoms with E-state index in [9.17, 15) is 0 Å². The number of rotatable bonds is 4. The summed E-state index contributed by atoms with van der Waals surface area (Å²) in [6, 6.07) is 0.252.